The second-order valence-corrected chi connectivity index (χ2v) is 9.81. The van der Waals surface area contributed by atoms with Crippen LogP contribution < -0.4 is 16.0 Å². The van der Waals surface area contributed by atoms with Crippen molar-refractivity contribution in [2.45, 2.75) is 58.0 Å². The summed E-state index contributed by atoms with van der Waals surface area (Å²) in [5, 5.41) is 7.30. The van der Waals surface area contributed by atoms with Crippen molar-refractivity contribution < 1.29 is 23.9 Å². The lowest BCUT2D eigenvalue weighted by molar-refractivity contribution is -0.154. The summed E-state index contributed by atoms with van der Waals surface area (Å²) in [7, 11) is 0. The monoisotopic (exact) mass is 441 g/mol. The Bertz CT molecular complexity index is 850. The number of benzene rings is 1. The van der Waals surface area contributed by atoms with E-state index in [0.29, 0.717) is 12.1 Å². The van der Waals surface area contributed by atoms with Crippen molar-refractivity contribution in [1.82, 2.24) is 10.6 Å². The first-order valence-corrected chi connectivity index (χ1v) is 11.4. The molecule has 4 amide bonds. The molecule has 1 unspecified atom stereocenters. The van der Waals surface area contributed by atoms with E-state index in [1.54, 1.807) is 30.3 Å². The zero-order valence-electron chi connectivity index (χ0n) is 18.4. The number of amides is 4. The van der Waals surface area contributed by atoms with E-state index in [1.165, 1.54) is 26.2 Å². The average molecular weight is 442 g/mol. The highest BCUT2D eigenvalue weighted by Crippen LogP contribution is 2.61. The lowest BCUT2D eigenvalue weighted by atomic mass is 9.49. The molecular weight excluding hydrogens is 410 g/mol. The van der Waals surface area contributed by atoms with E-state index in [1.807, 2.05) is 0 Å². The van der Waals surface area contributed by atoms with E-state index in [9.17, 15) is 19.2 Å². The molecule has 4 bridgehead atoms. The van der Waals surface area contributed by atoms with Gasteiger partial charge < -0.3 is 15.4 Å². The van der Waals surface area contributed by atoms with Crippen LogP contribution in [0.25, 0.3) is 0 Å². The van der Waals surface area contributed by atoms with Gasteiger partial charge in [-0.3, -0.25) is 19.7 Å². The summed E-state index contributed by atoms with van der Waals surface area (Å²) in [5.41, 5.74) is 0.631. The van der Waals surface area contributed by atoms with Crippen LogP contribution in [-0.4, -0.2) is 36.5 Å². The molecule has 32 heavy (non-hydrogen) atoms. The van der Waals surface area contributed by atoms with Crippen molar-refractivity contribution in [3.05, 3.63) is 30.3 Å². The first-order valence-electron chi connectivity index (χ1n) is 11.4. The van der Waals surface area contributed by atoms with Crippen molar-refractivity contribution >= 4 is 29.5 Å². The minimum atomic E-state index is -1.16. The standard InChI is InChI=1S/C24H31N3O5/c1-15(22(30)27-23(31)26-19-5-3-2-4-6-19)32-21(29)14-25-20(28)13-24-10-16-7-17(11-24)9-18(8-16)12-24/h2-6,15-18H,7-14H2,1H3,(H,25,28)(H2,26,27,30,31). The van der Waals surface area contributed by atoms with Crippen LogP contribution in [0.2, 0.25) is 0 Å². The molecule has 8 nitrogen and oxygen atoms in total. The van der Waals surface area contributed by atoms with Gasteiger partial charge in [0, 0.05) is 12.1 Å². The molecule has 8 heteroatoms. The Hall–Kier alpha value is -2.90. The van der Waals surface area contributed by atoms with Gasteiger partial charge in [0.2, 0.25) is 5.91 Å². The van der Waals surface area contributed by atoms with E-state index in [-0.39, 0.29) is 17.9 Å². The number of nitrogens with one attached hydrogen (secondary N) is 3. The van der Waals surface area contributed by atoms with Crippen molar-refractivity contribution in [2.75, 3.05) is 11.9 Å². The number of imide groups is 1. The number of hydrogen-bond donors (Lipinski definition) is 3. The Morgan fingerprint density at radius 2 is 1.59 bits per heavy atom. The molecule has 4 aliphatic rings. The average Bonchev–Trinajstić information content (AvgIpc) is 2.71. The zero-order valence-corrected chi connectivity index (χ0v) is 18.4. The molecule has 0 heterocycles. The Morgan fingerprint density at radius 1 is 1.00 bits per heavy atom. The van der Waals surface area contributed by atoms with Crippen LogP contribution in [0.15, 0.2) is 30.3 Å². The third-order valence-corrected chi connectivity index (χ3v) is 7.08. The van der Waals surface area contributed by atoms with Crippen LogP contribution >= 0.6 is 0 Å². The van der Waals surface area contributed by atoms with E-state index in [2.05, 4.69) is 16.0 Å². The fourth-order valence-corrected chi connectivity index (χ4v) is 6.27. The van der Waals surface area contributed by atoms with E-state index < -0.39 is 24.0 Å². The van der Waals surface area contributed by atoms with Gasteiger partial charge >= 0.3 is 12.0 Å². The summed E-state index contributed by atoms with van der Waals surface area (Å²) in [6, 6.07) is 7.95. The maximum atomic E-state index is 12.5. The second kappa shape index (κ2) is 9.30. The van der Waals surface area contributed by atoms with Gasteiger partial charge in [0.15, 0.2) is 6.10 Å². The zero-order chi connectivity index (χ0) is 22.7. The van der Waals surface area contributed by atoms with Crippen LogP contribution in [0.1, 0.15) is 51.9 Å². The van der Waals surface area contributed by atoms with Gasteiger partial charge in [0.1, 0.15) is 6.54 Å². The highest BCUT2D eigenvalue weighted by molar-refractivity contribution is 6.02. The molecule has 1 aromatic rings. The Kier molecular flexibility index (Phi) is 6.48. The molecular formula is C24H31N3O5. The van der Waals surface area contributed by atoms with Crippen LogP contribution in [-0.2, 0) is 19.1 Å². The van der Waals surface area contributed by atoms with Crippen molar-refractivity contribution in [3.8, 4) is 0 Å². The molecule has 0 spiro atoms. The number of anilines is 1. The number of urea groups is 1. The summed E-state index contributed by atoms with van der Waals surface area (Å²) in [5.74, 6) is 0.692. The molecule has 1 atom stereocenters. The van der Waals surface area contributed by atoms with Gasteiger partial charge in [-0.2, -0.15) is 0 Å². The number of ether oxygens (including phenoxy) is 1. The maximum Gasteiger partial charge on any atom is 0.326 e. The number of carbonyl (C=O) groups is 4. The molecule has 3 N–H and O–H groups in total. The van der Waals surface area contributed by atoms with Gasteiger partial charge in [-0.1, -0.05) is 18.2 Å². The number of hydrogen-bond acceptors (Lipinski definition) is 5. The molecule has 0 saturated heterocycles. The third-order valence-electron chi connectivity index (χ3n) is 7.08. The largest absolute Gasteiger partial charge is 0.451 e. The van der Waals surface area contributed by atoms with Gasteiger partial charge in [-0.05, 0) is 80.8 Å². The highest BCUT2D eigenvalue weighted by Gasteiger charge is 2.51. The third kappa shape index (κ3) is 5.47. The first-order chi connectivity index (χ1) is 15.3. The predicted molar refractivity (Wildman–Crippen MR) is 117 cm³/mol. The molecule has 4 aliphatic carbocycles. The maximum absolute atomic E-state index is 12.5. The molecule has 172 valence electrons. The fraction of sp³-hybridized carbons (Fsp3) is 0.583. The van der Waals surface area contributed by atoms with Crippen molar-refractivity contribution in [3.63, 3.8) is 0 Å². The topological polar surface area (TPSA) is 114 Å². The number of rotatable bonds is 7. The number of carbonyl (C=O) groups excluding carboxylic acids is 4. The van der Waals surface area contributed by atoms with Crippen LogP contribution in [0.5, 0.6) is 0 Å². The van der Waals surface area contributed by atoms with E-state index in [4.69, 9.17) is 4.74 Å². The van der Waals surface area contributed by atoms with Crippen LogP contribution in [0.4, 0.5) is 10.5 Å². The SMILES string of the molecule is CC(OC(=O)CNC(=O)CC12CC3CC(CC(C3)C1)C2)C(=O)NC(=O)Nc1ccccc1. The van der Waals surface area contributed by atoms with Gasteiger partial charge in [-0.15, -0.1) is 0 Å². The molecule has 0 radical (unpaired) electrons. The lowest BCUT2D eigenvalue weighted by Crippen LogP contribution is -2.48. The predicted octanol–water partition coefficient (Wildman–Crippen LogP) is 2.99. The Morgan fingerprint density at radius 3 is 2.19 bits per heavy atom. The quantitative estimate of drug-likeness (QED) is 0.563. The molecule has 5 rings (SSSR count). The van der Waals surface area contributed by atoms with Crippen LogP contribution in [0, 0.1) is 23.2 Å². The Labute approximate surface area is 187 Å². The minimum absolute atomic E-state index is 0.0992. The molecule has 1 aromatic carbocycles. The summed E-state index contributed by atoms with van der Waals surface area (Å²) >= 11 is 0. The van der Waals surface area contributed by atoms with Gasteiger partial charge in [0.05, 0.1) is 0 Å². The molecule has 4 fully saturated rings. The molecule has 0 aliphatic heterocycles. The van der Waals surface area contributed by atoms with E-state index >= 15 is 0 Å². The van der Waals surface area contributed by atoms with Crippen LogP contribution in [0.3, 0.4) is 0 Å². The summed E-state index contributed by atoms with van der Waals surface area (Å²) in [6.07, 6.45) is 6.62. The minimum Gasteiger partial charge on any atom is -0.451 e. The van der Waals surface area contributed by atoms with Crippen molar-refractivity contribution in [1.29, 1.82) is 0 Å². The Balaban J connectivity index is 1.17. The first kappa shape index (κ1) is 22.3. The molecule has 0 aromatic heterocycles. The van der Waals surface area contributed by atoms with Gasteiger partial charge in [0.25, 0.3) is 5.91 Å². The lowest BCUT2D eigenvalue weighted by Gasteiger charge is -2.56. The summed E-state index contributed by atoms with van der Waals surface area (Å²) in [6.45, 7) is 1.08. The molecule has 4 saturated carbocycles. The van der Waals surface area contributed by atoms with Gasteiger partial charge in [-0.25, -0.2) is 4.79 Å². The summed E-state index contributed by atoms with van der Waals surface area (Å²) < 4.78 is 5.06. The fourth-order valence-electron chi connectivity index (χ4n) is 6.27. The second-order valence-electron chi connectivity index (χ2n) is 9.81. The summed E-state index contributed by atoms with van der Waals surface area (Å²) in [4.78, 5) is 48.6. The smallest absolute Gasteiger partial charge is 0.326 e. The van der Waals surface area contributed by atoms with E-state index in [0.717, 1.165) is 37.0 Å². The normalized spacial score (nSPS) is 28.5. The van der Waals surface area contributed by atoms with Crippen molar-refractivity contribution in [2.24, 2.45) is 23.2 Å². The number of para-hydroxylation sites is 1. The number of esters is 1. The highest BCUT2D eigenvalue weighted by atomic mass is 16.5.